The summed E-state index contributed by atoms with van der Waals surface area (Å²) in [5.41, 5.74) is 0.245. The van der Waals surface area contributed by atoms with Crippen LogP contribution in [-0.4, -0.2) is 31.6 Å². The molecule has 0 atom stereocenters. The number of amides is 2. The zero-order chi connectivity index (χ0) is 19.2. The van der Waals surface area contributed by atoms with E-state index in [2.05, 4.69) is 57.6 Å². The van der Waals surface area contributed by atoms with E-state index in [0.717, 1.165) is 8.95 Å². The molecule has 10 heteroatoms. The molecule has 0 unspecified atom stereocenters. The van der Waals surface area contributed by atoms with Gasteiger partial charge in [-0.15, -0.1) is 0 Å². The zero-order valence-corrected chi connectivity index (χ0v) is 17.1. The van der Waals surface area contributed by atoms with Crippen LogP contribution in [0.25, 0.3) is 0 Å². The van der Waals surface area contributed by atoms with Crippen LogP contribution >= 0.6 is 31.9 Å². The van der Waals surface area contributed by atoms with Crippen LogP contribution in [0.1, 0.15) is 16.9 Å². The van der Waals surface area contributed by atoms with Crippen molar-refractivity contribution in [3.8, 4) is 0 Å². The summed E-state index contributed by atoms with van der Waals surface area (Å²) in [6.45, 7) is 0.339. The zero-order valence-electron chi connectivity index (χ0n) is 13.9. The van der Waals surface area contributed by atoms with E-state index in [1.54, 1.807) is 53.6 Å². The van der Waals surface area contributed by atoms with Crippen LogP contribution in [0.3, 0.4) is 0 Å². The van der Waals surface area contributed by atoms with Crippen molar-refractivity contribution in [2.45, 2.75) is 13.0 Å². The highest BCUT2D eigenvalue weighted by atomic mass is 79.9. The molecule has 0 saturated carbocycles. The first kappa shape index (κ1) is 19.2. The summed E-state index contributed by atoms with van der Waals surface area (Å²) in [5.74, 6) is 0.349. The third kappa shape index (κ3) is 5.69. The van der Waals surface area contributed by atoms with E-state index in [1.165, 1.54) is 0 Å². The molecule has 3 aromatic rings. The lowest BCUT2D eigenvalue weighted by Crippen LogP contribution is -2.17. The van der Waals surface area contributed by atoms with Gasteiger partial charge in [0.15, 0.2) is 5.69 Å². The highest BCUT2D eigenvalue weighted by molar-refractivity contribution is 9.10. The van der Waals surface area contributed by atoms with Gasteiger partial charge in [-0.05, 0) is 62.2 Å². The molecule has 0 fully saturated rings. The van der Waals surface area contributed by atoms with Gasteiger partial charge in [0.25, 0.3) is 5.91 Å². The van der Waals surface area contributed by atoms with Crippen molar-refractivity contribution in [2.24, 2.45) is 0 Å². The Hall–Kier alpha value is -2.59. The molecule has 0 aliphatic heterocycles. The van der Waals surface area contributed by atoms with Gasteiger partial charge in [0.2, 0.25) is 5.91 Å². The molecular weight excluding hydrogens is 480 g/mol. The minimum absolute atomic E-state index is 0.189. The van der Waals surface area contributed by atoms with Crippen molar-refractivity contribution in [1.29, 1.82) is 0 Å². The Morgan fingerprint density at radius 1 is 0.926 bits per heavy atom. The second-order valence-corrected chi connectivity index (χ2v) is 7.27. The van der Waals surface area contributed by atoms with Crippen LogP contribution in [0.4, 0.5) is 11.6 Å². The first-order valence-electron chi connectivity index (χ1n) is 7.87. The number of rotatable bonds is 6. The fourth-order valence-corrected chi connectivity index (χ4v) is 2.58. The van der Waals surface area contributed by atoms with Crippen molar-refractivity contribution in [2.75, 3.05) is 10.6 Å². The average molecular weight is 494 g/mol. The topological polar surface area (TPSA) is 102 Å². The lowest BCUT2D eigenvalue weighted by atomic mass is 10.4. The molecule has 27 heavy (non-hydrogen) atoms. The molecule has 138 valence electrons. The maximum absolute atomic E-state index is 12.2. The highest BCUT2D eigenvalue weighted by Gasteiger charge is 2.11. The average Bonchev–Trinajstić information content (AvgIpc) is 3.13. The number of anilines is 2. The Kier molecular flexibility index (Phi) is 6.30. The third-order valence-corrected chi connectivity index (χ3v) is 4.34. The van der Waals surface area contributed by atoms with Gasteiger partial charge in [0, 0.05) is 40.5 Å². The Morgan fingerprint density at radius 2 is 1.56 bits per heavy atom. The molecule has 0 radical (unpaired) electrons. The number of carbonyl (C=O) groups is 2. The lowest BCUT2D eigenvalue weighted by molar-refractivity contribution is -0.116. The molecule has 2 amide bonds. The summed E-state index contributed by atoms with van der Waals surface area (Å²) in [6, 6.07) is 8.54. The van der Waals surface area contributed by atoms with E-state index in [-0.39, 0.29) is 23.9 Å². The predicted molar refractivity (Wildman–Crippen MR) is 107 cm³/mol. The molecule has 3 rings (SSSR count). The number of hydrogen-bond acceptors (Lipinski definition) is 5. The van der Waals surface area contributed by atoms with Gasteiger partial charge in [0.05, 0.1) is 0 Å². The number of pyridine rings is 2. The standard InChI is InChI=1S/C17H14Br2N6O2/c18-11-1-3-14(20-9-11)22-16(26)6-8-25-7-5-13(24-25)17(27)23-15-4-2-12(19)10-21-15/h1-5,7,9-10H,6,8H2,(H,20,22,26)(H,21,23,27). The largest absolute Gasteiger partial charge is 0.311 e. The number of aryl methyl sites for hydroxylation is 1. The number of aromatic nitrogens is 4. The van der Waals surface area contributed by atoms with Crippen LogP contribution in [0.5, 0.6) is 0 Å². The molecule has 3 heterocycles. The smallest absolute Gasteiger partial charge is 0.277 e. The number of carbonyl (C=O) groups excluding carboxylic acids is 2. The van der Waals surface area contributed by atoms with E-state index in [4.69, 9.17) is 0 Å². The molecule has 2 N–H and O–H groups in total. The molecule has 3 aromatic heterocycles. The predicted octanol–water partition coefficient (Wildman–Crippen LogP) is 3.48. The monoisotopic (exact) mass is 492 g/mol. The summed E-state index contributed by atoms with van der Waals surface area (Å²) in [5, 5.41) is 9.55. The van der Waals surface area contributed by atoms with Crippen LogP contribution < -0.4 is 10.6 Å². The minimum atomic E-state index is -0.368. The number of nitrogens with zero attached hydrogens (tertiary/aromatic N) is 4. The molecule has 0 spiro atoms. The van der Waals surface area contributed by atoms with E-state index < -0.39 is 0 Å². The Balaban J connectivity index is 1.51. The van der Waals surface area contributed by atoms with Gasteiger partial charge in [-0.2, -0.15) is 5.10 Å². The van der Waals surface area contributed by atoms with Gasteiger partial charge >= 0.3 is 0 Å². The van der Waals surface area contributed by atoms with Crippen molar-refractivity contribution in [3.05, 3.63) is 63.6 Å². The second kappa shape index (κ2) is 8.87. The van der Waals surface area contributed by atoms with Gasteiger partial charge in [-0.1, -0.05) is 0 Å². The highest BCUT2D eigenvalue weighted by Crippen LogP contribution is 2.12. The number of nitrogens with one attached hydrogen (secondary N) is 2. The molecule has 8 nitrogen and oxygen atoms in total. The lowest BCUT2D eigenvalue weighted by Gasteiger charge is -2.05. The van der Waals surface area contributed by atoms with Crippen LogP contribution in [-0.2, 0) is 11.3 Å². The summed E-state index contributed by atoms with van der Waals surface area (Å²) < 4.78 is 3.20. The second-order valence-electron chi connectivity index (χ2n) is 5.44. The minimum Gasteiger partial charge on any atom is -0.311 e. The molecule has 0 aliphatic carbocycles. The number of halogens is 2. The van der Waals surface area contributed by atoms with Crippen molar-refractivity contribution in [1.82, 2.24) is 19.7 Å². The van der Waals surface area contributed by atoms with E-state index in [0.29, 0.717) is 18.2 Å². The SMILES string of the molecule is O=C(CCn1ccc(C(=O)Nc2ccc(Br)cn2)n1)Nc1ccc(Br)cn1. The Morgan fingerprint density at radius 3 is 2.15 bits per heavy atom. The van der Waals surface area contributed by atoms with Gasteiger partial charge < -0.3 is 10.6 Å². The van der Waals surface area contributed by atoms with Crippen LogP contribution in [0, 0.1) is 0 Å². The molecule has 0 saturated heterocycles. The Labute approximate surface area is 171 Å². The van der Waals surface area contributed by atoms with Crippen LogP contribution in [0.15, 0.2) is 57.9 Å². The third-order valence-electron chi connectivity index (χ3n) is 3.41. The normalized spacial score (nSPS) is 10.4. The van der Waals surface area contributed by atoms with E-state index >= 15 is 0 Å². The van der Waals surface area contributed by atoms with Crippen LogP contribution in [0.2, 0.25) is 0 Å². The van der Waals surface area contributed by atoms with Crippen molar-refractivity contribution < 1.29 is 9.59 Å². The van der Waals surface area contributed by atoms with Crippen molar-refractivity contribution in [3.63, 3.8) is 0 Å². The van der Waals surface area contributed by atoms with E-state index in [1.807, 2.05) is 0 Å². The fraction of sp³-hybridized carbons (Fsp3) is 0.118. The Bertz CT molecular complexity index is 941. The number of hydrogen-bond donors (Lipinski definition) is 2. The quantitative estimate of drug-likeness (QED) is 0.547. The molecule has 0 aromatic carbocycles. The molecular formula is C17H14Br2N6O2. The maximum Gasteiger partial charge on any atom is 0.277 e. The summed E-state index contributed by atoms with van der Waals surface area (Å²) >= 11 is 6.57. The first-order valence-corrected chi connectivity index (χ1v) is 9.46. The summed E-state index contributed by atoms with van der Waals surface area (Å²) in [6.07, 6.45) is 5.05. The van der Waals surface area contributed by atoms with Gasteiger partial charge in [0.1, 0.15) is 11.6 Å². The fourth-order valence-electron chi connectivity index (χ4n) is 2.11. The molecule has 0 bridgehead atoms. The van der Waals surface area contributed by atoms with Gasteiger partial charge in [-0.25, -0.2) is 9.97 Å². The van der Waals surface area contributed by atoms with Gasteiger partial charge in [-0.3, -0.25) is 14.3 Å². The van der Waals surface area contributed by atoms with E-state index in [9.17, 15) is 9.59 Å². The summed E-state index contributed by atoms with van der Waals surface area (Å²) in [4.78, 5) is 32.3. The van der Waals surface area contributed by atoms with Crippen molar-refractivity contribution >= 4 is 55.3 Å². The summed E-state index contributed by atoms with van der Waals surface area (Å²) in [7, 11) is 0. The first-order chi connectivity index (χ1) is 13.0. The maximum atomic E-state index is 12.2. The molecule has 0 aliphatic rings.